The van der Waals surface area contributed by atoms with Gasteiger partial charge in [0.15, 0.2) is 5.82 Å². The number of anilines is 1. The fraction of sp³-hybridized carbons (Fsp3) is 0.435. The fourth-order valence-corrected chi connectivity index (χ4v) is 4.57. The minimum absolute atomic E-state index is 0.193. The molecule has 10 heteroatoms. The summed E-state index contributed by atoms with van der Waals surface area (Å²) in [6.07, 6.45) is 5.08. The normalized spacial score (nSPS) is 15.1. The molecule has 33 heavy (non-hydrogen) atoms. The highest BCUT2D eigenvalue weighted by Crippen LogP contribution is 2.45. The van der Waals surface area contributed by atoms with E-state index >= 15 is 0 Å². The molecule has 0 atom stereocenters. The van der Waals surface area contributed by atoms with Crippen LogP contribution in [0.15, 0.2) is 36.7 Å². The molecule has 3 aromatic heterocycles. The van der Waals surface area contributed by atoms with E-state index in [2.05, 4.69) is 20.2 Å². The first kappa shape index (κ1) is 23.2. The van der Waals surface area contributed by atoms with E-state index in [9.17, 15) is 9.18 Å². The third kappa shape index (κ3) is 5.01. The predicted octanol–water partition coefficient (Wildman–Crippen LogP) is 4.46. The van der Waals surface area contributed by atoms with E-state index in [0.29, 0.717) is 41.6 Å². The molecule has 0 unspecified atom stereocenters. The zero-order chi connectivity index (χ0) is 23.6. The summed E-state index contributed by atoms with van der Waals surface area (Å²) in [6, 6.07) is 6.43. The van der Waals surface area contributed by atoms with Crippen molar-refractivity contribution in [2.24, 2.45) is 5.73 Å². The molecule has 2 N–H and O–H groups in total. The Morgan fingerprint density at radius 1 is 1.24 bits per heavy atom. The molecule has 3 heterocycles. The number of hydrogen-bond donors (Lipinski definition) is 1. The second-order valence-corrected chi connectivity index (χ2v) is 10.3. The van der Waals surface area contributed by atoms with Gasteiger partial charge < -0.3 is 10.5 Å². The van der Waals surface area contributed by atoms with Crippen molar-refractivity contribution in [2.45, 2.75) is 57.6 Å². The van der Waals surface area contributed by atoms with E-state index in [0.717, 1.165) is 11.3 Å². The minimum atomic E-state index is -0.703. The lowest BCUT2D eigenvalue weighted by molar-refractivity contribution is 0.0557. The first-order valence-electron chi connectivity index (χ1n) is 10.8. The molecule has 0 bridgehead atoms. The van der Waals surface area contributed by atoms with Crippen molar-refractivity contribution in [2.75, 3.05) is 11.4 Å². The molecule has 1 saturated carbocycles. The number of carbonyl (C=O) groups excluding carboxylic acids is 1. The largest absolute Gasteiger partial charge is 0.443 e. The maximum atomic E-state index is 14.7. The van der Waals surface area contributed by atoms with Crippen molar-refractivity contribution in [3.05, 3.63) is 53.0 Å². The highest BCUT2D eigenvalue weighted by atomic mass is 32.1. The molecule has 1 fully saturated rings. The molecule has 1 aliphatic carbocycles. The first-order valence-corrected chi connectivity index (χ1v) is 11.6. The molecule has 0 aliphatic heterocycles. The van der Waals surface area contributed by atoms with Crippen molar-refractivity contribution in [3.8, 4) is 10.7 Å². The summed E-state index contributed by atoms with van der Waals surface area (Å²) in [6.45, 7) is 5.99. The highest BCUT2D eigenvalue weighted by Gasteiger charge is 2.45. The topological polar surface area (TPSA) is 107 Å². The molecule has 1 amide bonds. The van der Waals surface area contributed by atoms with Gasteiger partial charge in [-0.15, -0.1) is 21.5 Å². The van der Waals surface area contributed by atoms with Crippen LogP contribution in [0, 0.1) is 5.82 Å². The van der Waals surface area contributed by atoms with Gasteiger partial charge in [-0.25, -0.2) is 14.2 Å². The quantitative estimate of drug-likeness (QED) is 0.567. The summed E-state index contributed by atoms with van der Waals surface area (Å²) in [5, 5.41) is 9.27. The summed E-state index contributed by atoms with van der Waals surface area (Å²) in [5.74, 6) is -0.0477. The van der Waals surface area contributed by atoms with Crippen LogP contribution >= 0.6 is 11.3 Å². The third-order valence-corrected chi connectivity index (χ3v) is 6.59. The van der Waals surface area contributed by atoms with Crippen LogP contribution in [0.25, 0.3) is 10.7 Å². The van der Waals surface area contributed by atoms with Gasteiger partial charge in [0.05, 0.1) is 5.69 Å². The molecule has 3 aromatic rings. The number of amides is 1. The average molecular weight is 471 g/mol. The smallest absolute Gasteiger partial charge is 0.416 e. The number of nitrogens with zero attached hydrogens (tertiary/aromatic N) is 5. The predicted molar refractivity (Wildman–Crippen MR) is 124 cm³/mol. The lowest BCUT2D eigenvalue weighted by atomic mass is 9.66. The summed E-state index contributed by atoms with van der Waals surface area (Å²) >= 11 is 1.44. The maximum absolute atomic E-state index is 14.7. The van der Waals surface area contributed by atoms with E-state index in [1.165, 1.54) is 22.3 Å². The number of pyridine rings is 1. The minimum Gasteiger partial charge on any atom is -0.443 e. The van der Waals surface area contributed by atoms with Gasteiger partial charge in [-0.05, 0) is 57.9 Å². The van der Waals surface area contributed by atoms with E-state index < -0.39 is 17.1 Å². The Kier molecular flexibility index (Phi) is 6.40. The lowest BCUT2D eigenvalue weighted by Crippen LogP contribution is -2.50. The molecule has 0 saturated heterocycles. The summed E-state index contributed by atoms with van der Waals surface area (Å²) in [5.41, 5.74) is 5.31. The van der Waals surface area contributed by atoms with Crippen LogP contribution in [0.1, 0.15) is 50.6 Å². The molecular weight excluding hydrogens is 443 g/mol. The van der Waals surface area contributed by atoms with Crippen LogP contribution < -0.4 is 10.6 Å². The molecule has 4 rings (SSSR count). The summed E-state index contributed by atoms with van der Waals surface area (Å²) < 4.78 is 20.3. The van der Waals surface area contributed by atoms with E-state index in [4.69, 9.17) is 10.5 Å². The van der Waals surface area contributed by atoms with Crippen LogP contribution in [0.5, 0.6) is 0 Å². The van der Waals surface area contributed by atoms with Gasteiger partial charge in [0.1, 0.15) is 22.1 Å². The Labute approximate surface area is 196 Å². The van der Waals surface area contributed by atoms with Gasteiger partial charge in [-0.1, -0.05) is 6.42 Å². The third-order valence-electron chi connectivity index (χ3n) is 5.55. The van der Waals surface area contributed by atoms with Gasteiger partial charge in [0.2, 0.25) is 0 Å². The van der Waals surface area contributed by atoms with E-state index in [1.807, 2.05) is 0 Å². The number of rotatable bonds is 6. The number of nitrogens with two attached hydrogens (primary N) is 1. The molecule has 0 radical (unpaired) electrons. The average Bonchev–Trinajstić information content (AvgIpc) is 3.22. The second-order valence-electron chi connectivity index (χ2n) is 9.15. The molecule has 174 valence electrons. The molecule has 0 spiro atoms. The number of hydrogen-bond acceptors (Lipinski definition) is 8. The zero-order valence-electron chi connectivity index (χ0n) is 18.9. The Hall–Kier alpha value is -2.98. The van der Waals surface area contributed by atoms with Crippen molar-refractivity contribution < 1.29 is 13.9 Å². The van der Waals surface area contributed by atoms with Gasteiger partial charge in [-0.3, -0.25) is 9.88 Å². The Bertz CT molecular complexity index is 1120. The lowest BCUT2D eigenvalue weighted by Gasteiger charge is -2.44. The number of ether oxygens (including phenoxy) is 1. The van der Waals surface area contributed by atoms with Gasteiger partial charge in [-0.2, -0.15) is 0 Å². The Morgan fingerprint density at radius 2 is 2.03 bits per heavy atom. The van der Waals surface area contributed by atoms with Gasteiger partial charge in [0, 0.05) is 35.8 Å². The Balaban J connectivity index is 1.66. The standard InChI is InChI=1S/C23H27FN6O2S/c1-22(2,3)32-21(31)30(14-23(9-5-10-23)19-16(24)6-4-11-26-19)18-8-7-17(28-29-18)20-27-13-15(12-25)33-20/h4,6-8,11,13H,5,9-10,12,14,25H2,1-3H3. The first-order chi connectivity index (χ1) is 15.7. The number of aromatic nitrogens is 4. The van der Waals surface area contributed by atoms with E-state index in [1.54, 1.807) is 51.4 Å². The Morgan fingerprint density at radius 3 is 2.58 bits per heavy atom. The van der Waals surface area contributed by atoms with Crippen molar-refractivity contribution >= 4 is 23.2 Å². The fourth-order valence-electron chi connectivity index (χ4n) is 3.81. The number of halogens is 1. The molecular formula is C23H27FN6O2S. The molecule has 8 nitrogen and oxygen atoms in total. The zero-order valence-corrected chi connectivity index (χ0v) is 19.7. The van der Waals surface area contributed by atoms with Crippen molar-refractivity contribution in [1.82, 2.24) is 20.2 Å². The number of thiazole rings is 1. The van der Waals surface area contributed by atoms with Crippen LogP contribution in [-0.4, -0.2) is 38.4 Å². The molecule has 1 aliphatic rings. The van der Waals surface area contributed by atoms with Crippen LogP contribution in [0.4, 0.5) is 15.0 Å². The maximum Gasteiger partial charge on any atom is 0.416 e. The number of carbonyl (C=O) groups is 1. The van der Waals surface area contributed by atoms with Crippen LogP contribution in [-0.2, 0) is 16.7 Å². The molecule has 0 aromatic carbocycles. The van der Waals surface area contributed by atoms with E-state index in [-0.39, 0.29) is 12.4 Å². The van der Waals surface area contributed by atoms with Gasteiger partial charge in [0.25, 0.3) is 0 Å². The van der Waals surface area contributed by atoms with Crippen molar-refractivity contribution in [3.63, 3.8) is 0 Å². The highest BCUT2D eigenvalue weighted by molar-refractivity contribution is 7.14. The van der Waals surface area contributed by atoms with Crippen molar-refractivity contribution in [1.29, 1.82) is 0 Å². The second kappa shape index (κ2) is 9.11. The summed E-state index contributed by atoms with van der Waals surface area (Å²) in [4.78, 5) is 24.2. The van der Waals surface area contributed by atoms with Gasteiger partial charge >= 0.3 is 6.09 Å². The van der Waals surface area contributed by atoms with Crippen LogP contribution in [0.3, 0.4) is 0 Å². The van der Waals surface area contributed by atoms with Crippen LogP contribution in [0.2, 0.25) is 0 Å². The monoisotopic (exact) mass is 470 g/mol. The SMILES string of the molecule is CC(C)(C)OC(=O)N(CC1(c2ncccc2F)CCC1)c1ccc(-c2ncc(CN)s2)nn1. The summed E-state index contributed by atoms with van der Waals surface area (Å²) in [7, 11) is 0.